The van der Waals surface area contributed by atoms with Crippen LogP contribution in [0, 0.1) is 11.3 Å². The number of hydrogen-bond donors (Lipinski definition) is 2. The summed E-state index contributed by atoms with van der Waals surface area (Å²) in [5, 5.41) is 7.44. The number of nitrogens with one attached hydrogen (secondary N) is 1. The molecule has 0 aromatic heterocycles. The monoisotopic (exact) mass is 269 g/mol. The van der Waals surface area contributed by atoms with Crippen LogP contribution in [0.15, 0.2) is 0 Å². The Kier molecular flexibility index (Phi) is 5.02. The summed E-state index contributed by atoms with van der Waals surface area (Å²) in [6, 6.07) is 0.393. The highest BCUT2D eigenvalue weighted by atomic mass is 16.5. The molecule has 1 unspecified atom stereocenters. The molecular formula is C15H31N3O. The Morgan fingerprint density at radius 1 is 1.37 bits per heavy atom. The third-order valence-electron chi connectivity index (χ3n) is 3.74. The molecule has 1 rings (SSSR count). The Balaban J connectivity index is 2.81. The first kappa shape index (κ1) is 16.4. The fourth-order valence-electron chi connectivity index (χ4n) is 3.21. The average Bonchev–Trinajstić information content (AvgIpc) is 2.40. The van der Waals surface area contributed by atoms with Gasteiger partial charge in [-0.3, -0.25) is 10.3 Å². The first-order valence-electron chi connectivity index (χ1n) is 7.30. The second kappa shape index (κ2) is 5.80. The van der Waals surface area contributed by atoms with Crippen LogP contribution in [0.3, 0.4) is 0 Å². The summed E-state index contributed by atoms with van der Waals surface area (Å²) in [6.07, 6.45) is 1.67. The molecule has 0 bridgehead atoms. The van der Waals surface area contributed by atoms with Gasteiger partial charge >= 0.3 is 0 Å². The van der Waals surface area contributed by atoms with Gasteiger partial charge in [0.25, 0.3) is 0 Å². The SMILES string of the molecule is CC(C)CN(CCC(=N)N)C1CC(C)(C)OC1(C)C. The van der Waals surface area contributed by atoms with E-state index in [-0.39, 0.29) is 17.0 Å². The quantitative estimate of drug-likeness (QED) is 0.575. The lowest BCUT2D eigenvalue weighted by Gasteiger charge is -2.37. The van der Waals surface area contributed by atoms with Gasteiger partial charge in [0.2, 0.25) is 0 Å². The van der Waals surface area contributed by atoms with Crippen LogP contribution in [-0.4, -0.2) is 41.1 Å². The third-order valence-corrected chi connectivity index (χ3v) is 3.74. The van der Waals surface area contributed by atoms with Crippen LogP contribution in [0.5, 0.6) is 0 Å². The second-order valence-electron chi connectivity index (χ2n) is 7.35. The Morgan fingerprint density at radius 3 is 2.32 bits per heavy atom. The fourth-order valence-corrected chi connectivity index (χ4v) is 3.21. The van der Waals surface area contributed by atoms with Crippen molar-refractivity contribution in [3.8, 4) is 0 Å². The van der Waals surface area contributed by atoms with Gasteiger partial charge in [0.15, 0.2) is 0 Å². The smallest absolute Gasteiger partial charge is 0.0918 e. The molecule has 0 radical (unpaired) electrons. The summed E-state index contributed by atoms with van der Waals surface area (Å²) in [6.45, 7) is 15.0. The van der Waals surface area contributed by atoms with Crippen molar-refractivity contribution in [2.24, 2.45) is 11.7 Å². The molecule has 0 aliphatic carbocycles. The van der Waals surface area contributed by atoms with Gasteiger partial charge in [-0.1, -0.05) is 13.8 Å². The van der Waals surface area contributed by atoms with Crippen LogP contribution in [0.2, 0.25) is 0 Å². The summed E-state index contributed by atoms with van der Waals surface area (Å²) in [7, 11) is 0. The maximum Gasteiger partial charge on any atom is 0.0918 e. The van der Waals surface area contributed by atoms with Gasteiger partial charge in [-0.15, -0.1) is 0 Å². The average molecular weight is 269 g/mol. The van der Waals surface area contributed by atoms with E-state index in [9.17, 15) is 0 Å². The minimum atomic E-state index is -0.144. The highest BCUT2D eigenvalue weighted by Crippen LogP contribution is 2.40. The molecule has 1 heterocycles. The predicted octanol–water partition coefficient (Wildman–Crippen LogP) is 2.62. The molecule has 1 aliphatic heterocycles. The maximum absolute atomic E-state index is 7.44. The van der Waals surface area contributed by atoms with Crippen LogP contribution in [-0.2, 0) is 4.74 Å². The van der Waals surface area contributed by atoms with Crippen LogP contribution in [0.25, 0.3) is 0 Å². The van der Waals surface area contributed by atoms with Crippen molar-refractivity contribution in [1.82, 2.24) is 4.90 Å². The minimum Gasteiger partial charge on any atom is -0.388 e. The zero-order valence-electron chi connectivity index (χ0n) is 13.4. The normalized spacial score (nSPS) is 25.2. The number of nitrogens with zero attached hydrogens (tertiary/aromatic N) is 1. The zero-order valence-corrected chi connectivity index (χ0v) is 13.4. The summed E-state index contributed by atoms with van der Waals surface area (Å²) >= 11 is 0. The number of rotatable bonds is 6. The fraction of sp³-hybridized carbons (Fsp3) is 0.933. The van der Waals surface area contributed by atoms with Crippen LogP contribution in [0.4, 0.5) is 0 Å². The van der Waals surface area contributed by atoms with Gasteiger partial charge in [-0.05, 0) is 40.0 Å². The zero-order chi connectivity index (χ0) is 14.8. The third kappa shape index (κ3) is 4.77. The number of ether oxygens (including phenoxy) is 1. The van der Waals surface area contributed by atoms with E-state index in [4.69, 9.17) is 15.9 Å². The molecule has 19 heavy (non-hydrogen) atoms. The Morgan fingerprint density at radius 2 is 1.95 bits per heavy atom. The Hall–Kier alpha value is -0.610. The summed E-state index contributed by atoms with van der Waals surface area (Å²) in [5.41, 5.74) is 5.30. The number of nitrogens with two attached hydrogens (primary N) is 1. The van der Waals surface area contributed by atoms with Gasteiger partial charge < -0.3 is 10.5 Å². The van der Waals surface area contributed by atoms with E-state index in [0.717, 1.165) is 19.5 Å². The van der Waals surface area contributed by atoms with Crippen molar-refractivity contribution >= 4 is 5.84 Å². The molecule has 4 heteroatoms. The Bertz CT molecular complexity index is 323. The van der Waals surface area contributed by atoms with E-state index < -0.39 is 0 Å². The van der Waals surface area contributed by atoms with Gasteiger partial charge in [0.1, 0.15) is 0 Å². The molecule has 0 saturated carbocycles. The molecule has 0 aromatic carbocycles. The molecule has 1 fully saturated rings. The molecule has 3 N–H and O–H groups in total. The van der Waals surface area contributed by atoms with Gasteiger partial charge in [-0.2, -0.15) is 0 Å². The number of hydrogen-bond acceptors (Lipinski definition) is 3. The standard InChI is InChI=1S/C15H31N3O/c1-11(2)10-18(8-7-13(16)17)12-9-14(3,4)19-15(12,5)6/h11-12H,7-10H2,1-6H3,(H3,16,17). The van der Waals surface area contributed by atoms with Crippen LogP contribution >= 0.6 is 0 Å². The van der Waals surface area contributed by atoms with Gasteiger partial charge in [0.05, 0.1) is 17.0 Å². The van der Waals surface area contributed by atoms with Crippen molar-refractivity contribution in [2.45, 2.75) is 71.6 Å². The van der Waals surface area contributed by atoms with Crippen molar-refractivity contribution in [1.29, 1.82) is 5.41 Å². The molecular weight excluding hydrogens is 238 g/mol. The molecule has 1 saturated heterocycles. The lowest BCUT2D eigenvalue weighted by molar-refractivity contribution is -0.0810. The molecule has 0 amide bonds. The summed E-state index contributed by atoms with van der Waals surface area (Å²) in [4.78, 5) is 2.46. The minimum absolute atomic E-state index is 0.0698. The lowest BCUT2D eigenvalue weighted by atomic mass is 9.92. The highest BCUT2D eigenvalue weighted by molar-refractivity contribution is 5.76. The molecule has 4 nitrogen and oxygen atoms in total. The molecule has 0 spiro atoms. The first-order valence-corrected chi connectivity index (χ1v) is 7.30. The first-order chi connectivity index (χ1) is 8.53. The largest absolute Gasteiger partial charge is 0.388 e. The maximum atomic E-state index is 7.44. The Labute approximate surface area is 118 Å². The topological polar surface area (TPSA) is 62.3 Å². The van der Waals surface area contributed by atoms with Crippen molar-refractivity contribution in [2.75, 3.05) is 13.1 Å². The highest BCUT2D eigenvalue weighted by Gasteiger charge is 2.48. The van der Waals surface area contributed by atoms with Gasteiger partial charge in [-0.25, -0.2) is 0 Å². The van der Waals surface area contributed by atoms with E-state index in [0.29, 0.717) is 18.4 Å². The van der Waals surface area contributed by atoms with E-state index in [2.05, 4.69) is 46.4 Å². The summed E-state index contributed by atoms with van der Waals surface area (Å²) in [5.74, 6) is 0.871. The van der Waals surface area contributed by atoms with Crippen molar-refractivity contribution in [3.63, 3.8) is 0 Å². The lowest BCUT2D eigenvalue weighted by Crippen LogP contribution is -2.48. The molecule has 1 atom stereocenters. The number of amidine groups is 1. The second-order valence-corrected chi connectivity index (χ2v) is 7.35. The summed E-state index contributed by atoms with van der Waals surface area (Å²) < 4.78 is 6.19. The van der Waals surface area contributed by atoms with Gasteiger partial charge in [0, 0.05) is 25.6 Å². The van der Waals surface area contributed by atoms with Crippen LogP contribution < -0.4 is 5.73 Å². The van der Waals surface area contributed by atoms with Crippen molar-refractivity contribution < 1.29 is 4.74 Å². The van der Waals surface area contributed by atoms with Crippen molar-refractivity contribution in [3.05, 3.63) is 0 Å². The molecule has 1 aliphatic rings. The molecule has 0 aromatic rings. The molecule has 112 valence electrons. The van der Waals surface area contributed by atoms with E-state index in [1.54, 1.807) is 0 Å². The van der Waals surface area contributed by atoms with E-state index >= 15 is 0 Å². The van der Waals surface area contributed by atoms with E-state index in [1.165, 1.54) is 0 Å². The van der Waals surface area contributed by atoms with E-state index in [1.807, 2.05) is 0 Å². The predicted molar refractivity (Wildman–Crippen MR) is 80.6 cm³/mol. The van der Waals surface area contributed by atoms with Crippen LogP contribution in [0.1, 0.15) is 54.4 Å².